The molecule has 28 heavy (non-hydrogen) atoms. The first kappa shape index (κ1) is 20.0. The molecule has 0 spiro atoms. The molecule has 8 heteroatoms. The molecule has 154 valence electrons. The SMILES string of the molecule is CCCCc1nc(N2CCN(S(C)(=O)=O)CC2)c2c3c(sc2n1)C[C@@H](C)CC3. The molecule has 1 aliphatic heterocycles. The number of anilines is 1. The van der Waals surface area contributed by atoms with Crippen molar-refractivity contribution in [2.24, 2.45) is 5.92 Å². The van der Waals surface area contributed by atoms with Crippen LogP contribution in [-0.4, -0.2) is 55.1 Å². The van der Waals surface area contributed by atoms with Crippen LogP contribution < -0.4 is 4.90 Å². The average molecular weight is 423 g/mol. The van der Waals surface area contributed by atoms with Gasteiger partial charge in [0.2, 0.25) is 10.0 Å². The lowest BCUT2D eigenvalue weighted by Crippen LogP contribution is -2.48. The average Bonchev–Trinajstić information content (AvgIpc) is 3.02. The fraction of sp³-hybridized carbons (Fsp3) is 0.700. The quantitative estimate of drug-likeness (QED) is 0.740. The summed E-state index contributed by atoms with van der Waals surface area (Å²) in [6, 6.07) is 0. The van der Waals surface area contributed by atoms with Gasteiger partial charge in [0.15, 0.2) is 0 Å². The molecule has 2 aliphatic rings. The van der Waals surface area contributed by atoms with Gasteiger partial charge in [-0.25, -0.2) is 18.4 Å². The summed E-state index contributed by atoms with van der Waals surface area (Å²) in [5, 5.41) is 1.24. The van der Waals surface area contributed by atoms with E-state index in [4.69, 9.17) is 9.97 Å². The molecule has 3 heterocycles. The van der Waals surface area contributed by atoms with E-state index in [2.05, 4.69) is 18.7 Å². The van der Waals surface area contributed by atoms with E-state index in [0.717, 1.165) is 54.5 Å². The van der Waals surface area contributed by atoms with Crippen molar-refractivity contribution in [1.82, 2.24) is 14.3 Å². The second-order valence-corrected chi connectivity index (χ2v) is 11.3. The van der Waals surface area contributed by atoms with Crippen LogP contribution in [0.4, 0.5) is 5.82 Å². The third-order valence-electron chi connectivity index (χ3n) is 5.94. The minimum atomic E-state index is -3.13. The minimum Gasteiger partial charge on any atom is -0.353 e. The van der Waals surface area contributed by atoms with Gasteiger partial charge in [-0.1, -0.05) is 20.3 Å². The van der Waals surface area contributed by atoms with E-state index in [-0.39, 0.29) is 0 Å². The van der Waals surface area contributed by atoms with Crippen molar-refractivity contribution in [1.29, 1.82) is 0 Å². The molecular weight excluding hydrogens is 392 g/mol. The maximum atomic E-state index is 11.9. The Morgan fingerprint density at radius 1 is 1.18 bits per heavy atom. The molecule has 1 atom stereocenters. The normalized spacial score (nSPS) is 21.2. The molecule has 1 saturated heterocycles. The second kappa shape index (κ2) is 7.88. The van der Waals surface area contributed by atoms with Crippen molar-refractivity contribution < 1.29 is 8.42 Å². The highest BCUT2D eigenvalue weighted by Gasteiger charge is 2.29. The Kier molecular flexibility index (Phi) is 5.64. The van der Waals surface area contributed by atoms with Gasteiger partial charge in [-0.2, -0.15) is 4.31 Å². The number of nitrogens with zero attached hydrogens (tertiary/aromatic N) is 4. The molecule has 6 nitrogen and oxygen atoms in total. The van der Waals surface area contributed by atoms with Crippen molar-refractivity contribution in [3.05, 3.63) is 16.3 Å². The Labute approximate surface area is 172 Å². The number of rotatable bonds is 5. The maximum Gasteiger partial charge on any atom is 0.211 e. The number of unbranched alkanes of at least 4 members (excludes halogenated alkanes) is 1. The fourth-order valence-electron chi connectivity index (χ4n) is 4.27. The van der Waals surface area contributed by atoms with Gasteiger partial charge >= 0.3 is 0 Å². The van der Waals surface area contributed by atoms with Crippen molar-refractivity contribution in [2.75, 3.05) is 37.3 Å². The first-order valence-electron chi connectivity index (χ1n) is 10.4. The van der Waals surface area contributed by atoms with Crippen LogP contribution in [0.2, 0.25) is 0 Å². The van der Waals surface area contributed by atoms with E-state index in [1.165, 1.54) is 28.5 Å². The number of hydrogen-bond acceptors (Lipinski definition) is 6. The summed E-state index contributed by atoms with van der Waals surface area (Å²) < 4.78 is 25.3. The van der Waals surface area contributed by atoms with Gasteiger partial charge in [0.05, 0.1) is 11.6 Å². The lowest BCUT2D eigenvalue weighted by molar-refractivity contribution is 0.387. The van der Waals surface area contributed by atoms with Crippen LogP contribution >= 0.6 is 11.3 Å². The van der Waals surface area contributed by atoms with Crippen molar-refractivity contribution in [3.63, 3.8) is 0 Å². The van der Waals surface area contributed by atoms with Crippen LogP contribution in [0.15, 0.2) is 0 Å². The molecule has 0 amide bonds. The zero-order chi connectivity index (χ0) is 19.9. The summed E-state index contributed by atoms with van der Waals surface area (Å²) in [5.74, 6) is 2.70. The zero-order valence-electron chi connectivity index (χ0n) is 17.1. The lowest BCUT2D eigenvalue weighted by atomic mass is 9.89. The van der Waals surface area contributed by atoms with Crippen LogP contribution in [0.1, 0.15) is 49.4 Å². The Bertz CT molecular complexity index is 962. The summed E-state index contributed by atoms with van der Waals surface area (Å²) in [5.41, 5.74) is 1.45. The highest BCUT2D eigenvalue weighted by atomic mass is 32.2. The van der Waals surface area contributed by atoms with Gasteiger partial charge in [-0.15, -0.1) is 11.3 Å². The van der Waals surface area contributed by atoms with E-state index in [1.54, 1.807) is 4.31 Å². The summed E-state index contributed by atoms with van der Waals surface area (Å²) in [6.45, 7) is 6.95. The van der Waals surface area contributed by atoms with E-state index in [1.807, 2.05) is 11.3 Å². The largest absolute Gasteiger partial charge is 0.353 e. The minimum absolute atomic E-state index is 0.526. The molecule has 1 fully saturated rings. The second-order valence-electron chi connectivity index (χ2n) is 8.25. The van der Waals surface area contributed by atoms with Crippen molar-refractivity contribution >= 4 is 37.4 Å². The van der Waals surface area contributed by atoms with E-state index < -0.39 is 10.0 Å². The van der Waals surface area contributed by atoms with Crippen LogP contribution in [0.25, 0.3) is 10.2 Å². The predicted molar refractivity (Wildman–Crippen MR) is 116 cm³/mol. The Hall–Kier alpha value is -1.25. The van der Waals surface area contributed by atoms with Gasteiger partial charge < -0.3 is 4.90 Å². The molecule has 0 saturated carbocycles. The summed E-state index contributed by atoms with van der Waals surface area (Å²) >= 11 is 1.85. The van der Waals surface area contributed by atoms with Crippen LogP contribution in [-0.2, 0) is 29.3 Å². The molecule has 0 radical (unpaired) electrons. The maximum absolute atomic E-state index is 11.9. The van der Waals surface area contributed by atoms with E-state index >= 15 is 0 Å². The van der Waals surface area contributed by atoms with Gasteiger partial charge in [0.1, 0.15) is 16.5 Å². The molecule has 4 rings (SSSR count). The number of thiophene rings is 1. The van der Waals surface area contributed by atoms with Crippen LogP contribution in [0.3, 0.4) is 0 Å². The summed E-state index contributed by atoms with van der Waals surface area (Å²) in [4.78, 5) is 14.8. The lowest BCUT2D eigenvalue weighted by Gasteiger charge is -2.34. The molecular formula is C20H30N4O2S2. The molecule has 0 N–H and O–H groups in total. The number of aromatic nitrogens is 2. The number of sulfonamides is 1. The Balaban J connectivity index is 1.73. The van der Waals surface area contributed by atoms with Crippen LogP contribution in [0.5, 0.6) is 0 Å². The number of piperazine rings is 1. The number of hydrogen-bond donors (Lipinski definition) is 0. The first-order chi connectivity index (χ1) is 13.4. The number of fused-ring (bicyclic) bond motifs is 3. The third-order valence-corrected chi connectivity index (χ3v) is 8.39. The van der Waals surface area contributed by atoms with Crippen LogP contribution in [0, 0.1) is 5.92 Å². The Morgan fingerprint density at radius 2 is 1.93 bits per heavy atom. The molecule has 0 unspecified atom stereocenters. The van der Waals surface area contributed by atoms with E-state index in [0.29, 0.717) is 26.2 Å². The zero-order valence-corrected chi connectivity index (χ0v) is 18.7. The monoisotopic (exact) mass is 422 g/mol. The van der Waals surface area contributed by atoms with Gasteiger partial charge in [-0.3, -0.25) is 0 Å². The number of aryl methyl sites for hydroxylation is 2. The standard InChI is InChI=1S/C20H30N4O2S2/c1-4-5-6-17-21-19(23-9-11-24(12-10-23)28(3,25)26)18-15-8-7-14(2)13-16(15)27-20(18)22-17/h14H,4-13H2,1-3H3/t14-/m0/s1. The van der Waals surface area contributed by atoms with Gasteiger partial charge in [-0.05, 0) is 37.2 Å². The summed E-state index contributed by atoms with van der Waals surface area (Å²) in [6.07, 6.45) is 7.88. The fourth-order valence-corrected chi connectivity index (χ4v) is 6.50. The molecule has 1 aliphatic carbocycles. The summed E-state index contributed by atoms with van der Waals surface area (Å²) in [7, 11) is -3.13. The first-order valence-corrected chi connectivity index (χ1v) is 13.0. The molecule has 2 aromatic heterocycles. The van der Waals surface area contributed by atoms with Gasteiger partial charge in [0, 0.05) is 37.5 Å². The van der Waals surface area contributed by atoms with E-state index in [9.17, 15) is 8.42 Å². The third kappa shape index (κ3) is 3.91. The smallest absolute Gasteiger partial charge is 0.211 e. The van der Waals surface area contributed by atoms with Crippen molar-refractivity contribution in [2.45, 2.75) is 52.4 Å². The molecule has 0 bridgehead atoms. The highest BCUT2D eigenvalue weighted by molar-refractivity contribution is 7.88. The molecule has 2 aromatic rings. The highest BCUT2D eigenvalue weighted by Crippen LogP contribution is 2.41. The van der Waals surface area contributed by atoms with Crippen molar-refractivity contribution in [3.8, 4) is 0 Å². The molecule has 0 aromatic carbocycles. The topological polar surface area (TPSA) is 66.4 Å². The van der Waals surface area contributed by atoms with Gasteiger partial charge in [0.25, 0.3) is 0 Å². The predicted octanol–water partition coefficient (Wildman–Crippen LogP) is 3.24. The Morgan fingerprint density at radius 3 is 2.61 bits per heavy atom.